The number of likely N-dealkylation sites (tertiary alicyclic amines) is 1. The number of carbonyl (C=O) groups excluding carboxylic acids is 1. The van der Waals surface area contributed by atoms with Crippen molar-refractivity contribution in [3.05, 3.63) is 64.6 Å². The van der Waals surface area contributed by atoms with E-state index < -0.39 is 11.8 Å². The summed E-state index contributed by atoms with van der Waals surface area (Å²) in [5, 5.41) is 0. The third kappa shape index (κ3) is 4.68. The standard InChI is InChI=1S/C25H30N2O4/c1-3-30-21-12-10-19(11-13-21)8-9-20-14-16-26(17-15-20)24(28)18(2)27-22-6-4-5-7-23(22)31-25(27)29/h4-7,10-13,18,20H,3,8-9,14-17H2,1-2H3. The Kier molecular flexibility index (Phi) is 6.44. The second kappa shape index (κ2) is 9.41. The van der Waals surface area contributed by atoms with Crippen molar-refractivity contribution in [3.8, 4) is 5.75 Å². The number of amides is 1. The molecule has 2 aromatic carbocycles. The molecular weight excluding hydrogens is 392 g/mol. The fourth-order valence-electron chi connectivity index (χ4n) is 4.46. The van der Waals surface area contributed by atoms with Crippen molar-refractivity contribution < 1.29 is 13.9 Å². The maximum atomic E-state index is 13.1. The summed E-state index contributed by atoms with van der Waals surface area (Å²) in [5.41, 5.74) is 2.50. The summed E-state index contributed by atoms with van der Waals surface area (Å²) < 4.78 is 12.3. The molecule has 6 nitrogen and oxygen atoms in total. The summed E-state index contributed by atoms with van der Waals surface area (Å²) in [6.45, 7) is 5.93. The van der Waals surface area contributed by atoms with Crippen molar-refractivity contribution in [2.75, 3.05) is 19.7 Å². The van der Waals surface area contributed by atoms with Gasteiger partial charge in [0.05, 0.1) is 12.1 Å². The van der Waals surface area contributed by atoms with Gasteiger partial charge >= 0.3 is 5.76 Å². The van der Waals surface area contributed by atoms with Gasteiger partial charge in [0, 0.05) is 13.1 Å². The minimum Gasteiger partial charge on any atom is -0.494 e. The molecule has 1 unspecified atom stereocenters. The van der Waals surface area contributed by atoms with Crippen LogP contribution in [0.5, 0.6) is 5.75 Å². The van der Waals surface area contributed by atoms with Gasteiger partial charge in [-0.3, -0.25) is 9.36 Å². The highest BCUT2D eigenvalue weighted by Gasteiger charge is 2.29. The minimum absolute atomic E-state index is 0.0152. The van der Waals surface area contributed by atoms with Crippen molar-refractivity contribution in [2.24, 2.45) is 5.92 Å². The molecule has 0 radical (unpaired) electrons. The summed E-state index contributed by atoms with van der Waals surface area (Å²) in [6.07, 6.45) is 4.16. The first-order valence-corrected chi connectivity index (χ1v) is 11.2. The molecule has 1 amide bonds. The molecule has 3 aromatic rings. The largest absolute Gasteiger partial charge is 0.494 e. The first kappa shape index (κ1) is 21.2. The number of hydrogen-bond donors (Lipinski definition) is 0. The van der Waals surface area contributed by atoms with E-state index in [0.717, 1.165) is 44.5 Å². The van der Waals surface area contributed by atoms with Crippen molar-refractivity contribution in [2.45, 2.75) is 45.6 Å². The Morgan fingerprint density at radius 1 is 1.13 bits per heavy atom. The van der Waals surface area contributed by atoms with Gasteiger partial charge in [-0.25, -0.2) is 4.79 Å². The molecule has 164 valence electrons. The average Bonchev–Trinajstić information content (AvgIpc) is 3.14. The Morgan fingerprint density at radius 3 is 2.55 bits per heavy atom. The summed E-state index contributed by atoms with van der Waals surface area (Å²) in [5.74, 6) is 1.03. The number of nitrogens with zero attached hydrogens (tertiary/aromatic N) is 2. The van der Waals surface area contributed by atoms with E-state index in [9.17, 15) is 9.59 Å². The molecule has 6 heteroatoms. The van der Waals surface area contributed by atoms with E-state index in [1.54, 1.807) is 13.0 Å². The SMILES string of the molecule is CCOc1ccc(CCC2CCN(C(=O)C(C)n3c(=O)oc4ccccc43)CC2)cc1. The molecule has 31 heavy (non-hydrogen) atoms. The highest BCUT2D eigenvalue weighted by Crippen LogP contribution is 2.25. The molecule has 0 aliphatic carbocycles. The zero-order valence-corrected chi connectivity index (χ0v) is 18.3. The zero-order chi connectivity index (χ0) is 21.8. The van der Waals surface area contributed by atoms with Crippen LogP contribution in [0.4, 0.5) is 0 Å². The lowest BCUT2D eigenvalue weighted by molar-refractivity contribution is -0.135. The van der Waals surface area contributed by atoms with Crippen LogP contribution < -0.4 is 10.5 Å². The van der Waals surface area contributed by atoms with Gasteiger partial charge in [-0.1, -0.05) is 24.3 Å². The van der Waals surface area contributed by atoms with Crippen molar-refractivity contribution in [3.63, 3.8) is 0 Å². The minimum atomic E-state index is -0.573. The predicted molar refractivity (Wildman–Crippen MR) is 120 cm³/mol. The molecule has 1 fully saturated rings. The molecule has 1 aliphatic heterocycles. The number of para-hydroxylation sites is 2. The Labute approximate surface area is 182 Å². The van der Waals surface area contributed by atoms with Crippen LogP contribution in [0.15, 0.2) is 57.7 Å². The second-order valence-corrected chi connectivity index (χ2v) is 8.27. The quantitative estimate of drug-likeness (QED) is 0.565. The van der Waals surface area contributed by atoms with E-state index in [1.807, 2.05) is 42.2 Å². The third-order valence-electron chi connectivity index (χ3n) is 6.27. The molecular formula is C25H30N2O4. The van der Waals surface area contributed by atoms with Gasteiger partial charge in [0.2, 0.25) is 5.91 Å². The first-order chi connectivity index (χ1) is 15.1. The van der Waals surface area contributed by atoms with E-state index >= 15 is 0 Å². The number of ether oxygens (including phenoxy) is 1. The number of aromatic nitrogens is 1. The maximum Gasteiger partial charge on any atom is 0.420 e. The van der Waals surface area contributed by atoms with Crippen molar-refractivity contribution in [1.29, 1.82) is 0 Å². The summed E-state index contributed by atoms with van der Waals surface area (Å²) in [7, 11) is 0. The molecule has 0 bridgehead atoms. The lowest BCUT2D eigenvalue weighted by Crippen LogP contribution is -2.43. The lowest BCUT2D eigenvalue weighted by atomic mass is 9.90. The van der Waals surface area contributed by atoms with E-state index in [2.05, 4.69) is 12.1 Å². The van der Waals surface area contributed by atoms with Crippen molar-refractivity contribution >= 4 is 17.0 Å². The van der Waals surface area contributed by atoms with E-state index in [1.165, 1.54) is 10.1 Å². The molecule has 1 saturated heterocycles. The number of rotatable bonds is 7. The summed E-state index contributed by atoms with van der Waals surface area (Å²) >= 11 is 0. The zero-order valence-electron chi connectivity index (χ0n) is 18.3. The summed E-state index contributed by atoms with van der Waals surface area (Å²) in [6, 6.07) is 15.0. The van der Waals surface area contributed by atoms with Crippen LogP contribution in [0.2, 0.25) is 0 Å². The Bertz CT molecular complexity index is 1070. The normalized spacial score (nSPS) is 15.9. The Balaban J connectivity index is 1.31. The smallest absolute Gasteiger partial charge is 0.420 e. The van der Waals surface area contributed by atoms with Gasteiger partial charge in [-0.05, 0) is 75.3 Å². The number of fused-ring (bicyclic) bond motifs is 1. The molecule has 0 N–H and O–H groups in total. The van der Waals surface area contributed by atoms with Crippen LogP contribution in [0.3, 0.4) is 0 Å². The average molecular weight is 423 g/mol. The van der Waals surface area contributed by atoms with Gasteiger partial charge in [0.25, 0.3) is 0 Å². The first-order valence-electron chi connectivity index (χ1n) is 11.2. The van der Waals surface area contributed by atoms with Gasteiger partial charge in [-0.2, -0.15) is 0 Å². The van der Waals surface area contributed by atoms with Crippen LogP contribution in [0.1, 0.15) is 44.7 Å². The lowest BCUT2D eigenvalue weighted by Gasteiger charge is -2.33. The number of benzene rings is 2. The van der Waals surface area contributed by atoms with Gasteiger partial charge in [-0.15, -0.1) is 0 Å². The molecule has 4 rings (SSSR count). The van der Waals surface area contributed by atoms with E-state index in [-0.39, 0.29) is 5.91 Å². The molecule has 0 saturated carbocycles. The van der Waals surface area contributed by atoms with E-state index in [0.29, 0.717) is 23.6 Å². The number of oxazole rings is 1. The summed E-state index contributed by atoms with van der Waals surface area (Å²) in [4.78, 5) is 27.3. The molecule has 1 aromatic heterocycles. The molecule has 1 aliphatic rings. The highest BCUT2D eigenvalue weighted by atomic mass is 16.5. The number of hydrogen-bond acceptors (Lipinski definition) is 4. The number of aryl methyl sites for hydroxylation is 1. The number of piperidine rings is 1. The van der Waals surface area contributed by atoms with Crippen LogP contribution >= 0.6 is 0 Å². The van der Waals surface area contributed by atoms with Crippen LogP contribution in [0.25, 0.3) is 11.1 Å². The predicted octanol–water partition coefficient (Wildman–Crippen LogP) is 4.43. The molecule has 2 heterocycles. The fourth-order valence-corrected chi connectivity index (χ4v) is 4.46. The Morgan fingerprint density at radius 2 is 1.84 bits per heavy atom. The molecule has 1 atom stereocenters. The molecule has 0 spiro atoms. The van der Waals surface area contributed by atoms with Crippen LogP contribution in [-0.2, 0) is 11.2 Å². The second-order valence-electron chi connectivity index (χ2n) is 8.27. The Hall–Kier alpha value is -3.02. The van der Waals surface area contributed by atoms with Crippen molar-refractivity contribution in [1.82, 2.24) is 9.47 Å². The topological polar surface area (TPSA) is 64.7 Å². The monoisotopic (exact) mass is 422 g/mol. The third-order valence-corrected chi connectivity index (χ3v) is 6.27. The highest BCUT2D eigenvalue weighted by molar-refractivity contribution is 5.83. The van der Waals surface area contributed by atoms with Crippen LogP contribution in [-0.4, -0.2) is 35.1 Å². The number of carbonyl (C=O) groups is 1. The van der Waals surface area contributed by atoms with Gasteiger partial charge in [0.15, 0.2) is 5.58 Å². The van der Waals surface area contributed by atoms with Crippen LogP contribution in [0, 0.1) is 5.92 Å². The van der Waals surface area contributed by atoms with Gasteiger partial charge < -0.3 is 14.1 Å². The fraction of sp³-hybridized carbons (Fsp3) is 0.440. The maximum absolute atomic E-state index is 13.1. The van der Waals surface area contributed by atoms with Gasteiger partial charge in [0.1, 0.15) is 11.8 Å². The van der Waals surface area contributed by atoms with E-state index in [4.69, 9.17) is 9.15 Å².